The van der Waals surface area contributed by atoms with Crippen LogP contribution in [0.5, 0.6) is 0 Å². The average Bonchev–Trinajstić information content (AvgIpc) is 2.92. The van der Waals surface area contributed by atoms with Gasteiger partial charge in [-0.1, -0.05) is 6.92 Å². The van der Waals surface area contributed by atoms with Gasteiger partial charge in [0.05, 0.1) is 23.4 Å². The third-order valence-corrected chi connectivity index (χ3v) is 4.04. The molecule has 0 aliphatic rings. The van der Waals surface area contributed by atoms with Crippen LogP contribution in [-0.2, 0) is 24.2 Å². The van der Waals surface area contributed by atoms with E-state index in [1.807, 2.05) is 6.07 Å². The summed E-state index contributed by atoms with van der Waals surface area (Å²) in [5, 5.41) is 14.3. The zero-order valence-corrected chi connectivity index (χ0v) is 13.3. The van der Waals surface area contributed by atoms with Crippen LogP contribution in [0.1, 0.15) is 31.5 Å². The van der Waals surface area contributed by atoms with E-state index in [1.165, 1.54) is 4.88 Å². The third-order valence-electron chi connectivity index (χ3n) is 2.82. The van der Waals surface area contributed by atoms with E-state index in [-0.39, 0.29) is 6.42 Å². The summed E-state index contributed by atoms with van der Waals surface area (Å²) < 4.78 is 1.64. The Bertz CT molecular complexity index is 640. The van der Waals surface area contributed by atoms with E-state index in [1.54, 1.807) is 29.9 Å². The molecule has 0 aliphatic carbocycles. The zero-order chi connectivity index (χ0) is 15.6. The molecule has 6 nitrogen and oxygen atoms in total. The van der Waals surface area contributed by atoms with Gasteiger partial charge in [0, 0.05) is 4.88 Å². The number of aryl methyl sites for hydroxylation is 1. The van der Waals surface area contributed by atoms with Crippen molar-refractivity contribution in [2.45, 2.75) is 45.8 Å². The average molecular weight is 308 g/mol. The molecule has 0 atom stereocenters. The van der Waals surface area contributed by atoms with E-state index in [2.05, 4.69) is 23.1 Å². The second kappa shape index (κ2) is 5.95. The molecule has 7 heteroatoms. The van der Waals surface area contributed by atoms with Crippen LogP contribution in [0.3, 0.4) is 0 Å². The van der Waals surface area contributed by atoms with E-state index in [9.17, 15) is 9.90 Å². The highest BCUT2D eigenvalue weighted by Gasteiger charge is 2.21. The molecule has 114 valence electrons. The highest BCUT2D eigenvalue weighted by Crippen LogP contribution is 2.28. The number of nitrogens with two attached hydrogens (primary N) is 1. The minimum atomic E-state index is -0.919. The Kier molecular flexibility index (Phi) is 4.43. The number of carbonyl (C=O) groups is 1. The van der Waals surface area contributed by atoms with Crippen molar-refractivity contribution in [3.8, 4) is 10.7 Å². The molecule has 1 amide bonds. The highest BCUT2D eigenvalue weighted by atomic mass is 32.1. The molecule has 0 bridgehead atoms. The van der Waals surface area contributed by atoms with Gasteiger partial charge in [0.1, 0.15) is 0 Å². The van der Waals surface area contributed by atoms with Crippen molar-refractivity contribution >= 4 is 17.2 Å². The summed E-state index contributed by atoms with van der Waals surface area (Å²) in [5.74, 6) is 0.577. The van der Waals surface area contributed by atoms with Crippen molar-refractivity contribution in [1.29, 1.82) is 0 Å². The number of primary amides is 1. The predicted octanol–water partition coefficient (Wildman–Crippen LogP) is 1.37. The Hall–Kier alpha value is -1.73. The van der Waals surface area contributed by atoms with Gasteiger partial charge in [-0.25, -0.2) is 9.67 Å². The first-order valence-corrected chi connectivity index (χ1v) is 7.63. The van der Waals surface area contributed by atoms with Gasteiger partial charge >= 0.3 is 0 Å². The van der Waals surface area contributed by atoms with Crippen LogP contribution in [0, 0.1) is 0 Å². The summed E-state index contributed by atoms with van der Waals surface area (Å²) >= 11 is 1.64. The lowest BCUT2D eigenvalue weighted by Gasteiger charge is -2.17. The number of rotatable bonds is 6. The van der Waals surface area contributed by atoms with Crippen LogP contribution < -0.4 is 5.73 Å². The molecule has 0 saturated heterocycles. The second-order valence-corrected chi connectivity index (χ2v) is 6.75. The lowest BCUT2D eigenvalue weighted by Crippen LogP contribution is -2.27. The molecule has 3 N–H and O–H groups in total. The molecule has 2 aromatic heterocycles. The first kappa shape index (κ1) is 15.7. The molecule has 0 unspecified atom stereocenters. The van der Waals surface area contributed by atoms with E-state index in [0.717, 1.165) is 11.3 Å². The molecular weight excluding hydrogens is 288 g/mol. The fraction of sp³-hybridized carbons (Fsp3) is 0.500. The topological polar surface area (TPSA) is 94.0 Å². The summed E-state index contributed by atoms with van der Waals surface area (Å²) in [6.45, 7) is 5.80. The van der Waals surface area contributed by atoms with Crippen LogP contribution in [-0.4, -0.2) is 31.4 Å². The Morgan fingerprint density at radius 3 is 2.71 bits per heavy atom. The monoisotopic (exact) mass is 308 g/mol. The van der Waals surface area contributed by atoms with Crippen LogP contribution in [0.15, 0.2) is 12.1 Å². The quantitative estimate of drug-likeness (QED) is 0.842. The zero-order valence-electron chi connectivity index (χ0n) is 12.5. The molecule has 0 fully saturated rings. The number of nitrogens with zero attached hydrogens (tertiary/aromatic N) is 3. The number of hydrogen-bond acceptors (Lipinski definition) is 5. The maximum Gasteiger partial charge on any atom is 0.225 e. The van der Waals surface area contributed by atoms with Crippen molar-refractivity contribution < 1.29 is 9.90 Å². The van der Waals surface area contributed by atoms with E-state index in [4.69, 9.17) is 5.73 Å². The molecule has 0 saturated carbocycles. The Morgan fingerprint density at radius 1 is 1.48 bits per heavy atom. The van der Waals surface area contributed by atoms with Gasteiger partial charge in [0.2, 0.25) is 5.91 Å². The number of aliphatic hydroxyl groups is 1. The number of aromatic nitrogens is 3. The summed E-state index contributed by atoms with van der Waals surface area (Å²) in [4.78, 5) is 17.7. The summed E-state index contributed by atoms with van der Waals surface area (Å²) in [6.07, 6.45) is 0.955. The molecule has 2 heterocycles. The maximum absolute atomic E-state index is 11.0. The molecule has 0 spiro atoms. The van der Waals surface area contributed by atoms with Crippen molar-refractivity contribution in [1.82, 2.24) is 14.8 Å². The van der Waals surface area contributed by atoms with Crippen LogP contribution >= 0.6 is 11.3 Å². The van der Waals surface area contributed by atoms with Crippen molar-refractivity contribution in [3.05, 3.63) is 22.8 Å². The summed E-state index contributed by atoms with van der Waals surface area (Å²) in [7, 11) is 0. The number of amides is 1. The van der Waals surface area contributed by atoms with Gasteiger partial charge in [0.25, 0.3) is 0 Å². The summed E-state index contributed by atoms with van der Waals surface area (Å²) in [6, 6.07) is 4.04. The SMILES string of the molecule is CCc1ccc(-c2nc(CC(N)=O)nn2CC(C)(C)O)s1. The van der Waals surface area contributed by atoms with Gasteiger partial charge in [-0.3, -0.25) is 4.79 Å². The minimum Gasteiger partial charge on any atom is -0.389 e. The molecule has 2 aromatic rings. The van der Waals surface area contributed by atoms with Gasteiger partial charge in [-0.2, -0.15) is 5.10 Å². The van der Waals surface area contributed by atoms with Gasteiger partial charge in [-0.15, -0.1) is 11.3 Å². The molecule has 0 radical (unpaired) electrons. The standard InChI is InChI=1S/C14H20N4O2S/c1-4-9-5-6-10(21-9)13-16-12(7-11(15)19)17-18(13)8-14(2,3)20/h5-6,20H,4,7-8H2,1-3H3,(H2,15,19). The molecule has 2 rings (SSSR count). The minimum absolute atomic E-state index is 0.00212. The fourth-order valence-electron chi connectivity index (χ4n) is 1.97. The lowest BCUT2D eigenvalue weighted by atomic mass is 10.1. The van der Waals surface area contributed by atoms with Crippen LogP contribution in [0.25, 0.3) is 10.7 Å². The Labute approximate surface area is 127 Å². The third kappa shape index (κ3) is 4.12. The molecule has 21 heavy (non-hydrogen) atoms. The van der Waals surface area contributed by atoms with E-state index < -0.39 is 11.5 Å². The van der Waals surface area contributed by atoms with Crippen molar-refractivity contribution in [2.24, 2.45) is 5.73 Å². The first-order valence-electron chi connectivity index (χ1n) is 6.82. The van der Waals surface area contributed by atoms with Crippen LogP contribution in [0.2, 0.25) is 0 Å². The largest absolute Gasteiger partial charge is 0.389 e. The molecular formula is C14H20N4O2S. The van der Waals surface area contributed by atoms with Gasteiger partial charge < -0.3 is 10.8 Å². The van der Waals surface area contributed by atoms with Gasteiger partial charge in [-0.05, 0) is 32.4 Å². The smallest absolute Gasteiger partial charge is 0.225 e. The van der Waals surface area contributed by atoms with Crippen LogP contribution in [0.4, 0.5) is 0 Å². The van der Waals surface area contributed by atoms with Crippen molar-refractivity contribution in [2.75, 3.05) is 0 Å². The van der Waals surface area contributed by atoms with Gasteiger partial charge in [0.15, 0.2) is 11.6 Å². The second-order valence-electron chi connectivity index (χ2n) is 5.58. The molecule has 0 aromatic carbocycles. The highest BCUT2D eigenvalue weighted by molar-refractivity contribution is 7.15. The van der Waals surface area contributed by atoms with E-state index >= 15 is 0 Å². The Morgan fingerprint density at radius 2 is 2.19 bits per heavy atom. The van der Waals surface area contributed by atoms with E-state index in [0.29, 0.717) is 18.2 Å². The summed E-state index contributed by atoms with van der Waals surface area (Å²) in [5.41, 5.74) is 4.28. The first-order chi connectivity index (χ1) is 9.78. The maximum atomic E-state index is 11.0. The normalized spacial score (nSPS) is 11.8. The number of carbonyl (C=O) groups excluding carboxylic acids is 1. The van der Waals surface area contributed by atoms with Crippen molar-refractivity contribution in [3.63, 3.8) is 0 Å². The predicted molar refractivity (Wildman–Crippen MR) is 81.9 cm³/mol. The lowest BCUT2D eigenvalue weighted by molar-refractivity contribution is -0.117. The fourth-order valence-corrected chi connectivity index (χ4v) is 2.91. The number of thiophene rings is 1. The number of hydrogen-bond donors (Lipinski definition) is 2. The molecule has 0 aliphatic heterocycles. The Balaban J connectivity index is 2.40.